The molecule has 0 fully saturated rings. The fourth-order valence-electron chi connectivity index (χ4n) is 0.296. The molecule has 0 unspecified atom stereocenters. The van der Waals surface area contributed by atoms with E-state index in [1.807, 2.05) is 0 Å². The summed E-state index contributed by atoms with van der Waals surface area (Å²) in [6.07, 6.45) is 2.24. The molecule has 0 radical (unpaired) electrons. The molecule has 0 aromatic rings. The van der Waals surface area contributed by atoms with Gasteiger partial charge >= 0.3 is 35.7 Å². The van der Waals surface area contributed by atoms with Crippen LogP contribution in [-0.2, 0) is 9.47 Å². The summed E-state index contributed by atoms with van der Waals surface area (Å²) in [7, 11) is 0. The van der Waals surface area contributed by atoms with Crippen molar-refractivity contribution in [3.8, 4) is 0 Å². The molecule has 4 heteroatoms. The number of carbonyl (C=O) groups is 1. The van der Waals surface area contributed by atoms with E-state index in [1.54, 1.807) is 0 Å². The summed E-state index contributed by atoms with van der Waals surface area (Å²) in [5, 5.41) is 0. The average Bonchev–Trinajstić information content (AvgIpc) is 1.97. The molecule has 0 amide bonds. The molecular formula is C7H11NaO3. The van der Waals surface area contributed by atoms with E-state index >= 15 is 0 Å². The third-order valence-electron chi connectivity index (χ3n) is 0.638. The second-order valence-corrected chi connectivity index (χ2v) is 1.45. The van der Waals surface area contributed by atoms with E-state index in [2.05, 4.69) is 22.6 Å². The molecule has 0 aromatic heterocycles. The van der Waals surface area contributed by atoms with Crippen LogP contribution < -0.4 is 29.6 Å². The molecule has 0 aliphatic heterocycles. The fraction of sp³-hybridized carbons (Fsp3) is 0.286. The van der Waals surface area contributed by atoms with E-state index in [9.17, 15) is 4.79 Å². The Bertz CT molecular complexity index is 125. The first-order valence-corrected chi connectivity index (χ1v) is 2.82. The molecule has 0 aromatic carbocycles. The summed E-state index contributed by atoms with van der Waals surface area (Å²) < 4.78 is 8.93. The third kappa shape index (κ3) is 9.75. The molecule has 0 rings (SSSR count). The monoisotopic (exact) mass is 166 g/mol. The van der Waals surface area contributed by atoms with Gasteiger partial charge in [-0.3, -0.25) is 0 Å². The Hall–Kier alpha value is -0.250. The van der Waals surface area contributed by atoms with Crippen LogP contribution in [0.3, 0.4) is 0 Å². The molecule has 0 spiro atoms. The van der Waals surface area contributed by atoms with E-state index in [0.717, 1.165) is 0 Å². The van der Waals surface area contributed by atoms with Crippen LogP contribution in [0.1, 0.15) is 1.43 Å². The predicted octanol–water partition coefficient (Wildman–Crippen LogP) is -1.37. The van der Waals surface area contributed by atoms with Crippen molar-refractivity contribution in [2.45, 2.75) is 0 Å². The largest absolute Gasteiger partial charge is 1.00 e. The maximum Gasteiger partial charge on any atom is 1.00 e. The van der Waals surface area contributed by atoms with E-state index in [0.29, 0.717) is 0 Å². The van der Waals surface area contributed by atoms with Gasteiger partial charge in [-0.05, 0) is 0 Å². The fourth-order valence-corrected chi connectivity index (χ4v) is 0.296. The Balaban J connectivity index is -0.000000405. The van der Waals surface area contributed by atoms with Crippen LogP contribution in [-0.4, -0.2) is 19.4 Å². The zero-order valence-electron chi connectivity index (χ0n) is 7.71. The zero-order chi connectivity index (χ0) is 7.82. The molecule has 0 bridgehead atoms. The van der Waals surface area contributed by atoms with E-state index in [-0.39, 0.29) is 44.2 Å². The SMILES string of the molecule is C=CCOC(=O)OCC=C.[H-].[Na+]. The second-order valence-electron chi connectivity index (χ2n) is 1.45. The van der Waals surface area contributed by atoms with Crippen LogP contribution in [0, 0.1) is 0 Å². The maximum atomic E-state index is 10.4. The molecule has 11 heavy (non-hydrogen) atoms. The molecule has 0 heterocycles. The van der Waals surface area contributed by atoms with Crippen LogP contribution in [0.15, 0.2) is 25.3 Å². The summed E-state index contributed by atoms with van der Waals surface area (Å²) in [6, 6.07) is 0. The quantitative estimate of drug-likeness (QED) is 0.293. The zero-order valence-corrected chi connectivity index (χ0v) is 8.71. The summed E-state index contributed by atoms with van der Waals surface area (Å²) in [5.74, 6) is 0. The van der Waals surface area contributed by atoms with Gasteiger partial charge in [0.15, 0.2) is 0 Å². The molecular weight excluding hydrogens is 155 g/mol. The average molecular weight is 166 g/mol. The molecule has 0 N–H and O–H groups in total. The third-order valence-corrected chi connectivity index (χ3v) is 0.638. The number of carbonyl (C=O) groups excluding carboxylic acids is 1. The topological polar surface area (TPSA) is 35.5 Å². The Morgan fingerprint density at radius 2 is 1.64 bits per heavy atom. The number of hydrogen-bond donors (Lipinski definition) is 0. The first kappa shape index (κ1) is 13.3. The Morgan fingerprint density at radius 3 is 1.91 bits per heavy atom. The minimum atomic E-state index is -0.695. The van der Waals surface area contributed by atoms with Gasteiger partial charge in [0.05, 0.1) is 0 Å². The summed E-state index contributed by atoms with van der Waals surface area (Å²) >= 11 is 0. The maximum absolute atomic E-state index is 10.4. The number of rotatable bonds is 4. The summed E-state index contributed by atoms with van der Waals surface area (Å²) in [5.41, 5.74) is 0. The van der Waals surface area contributed by atoms with Gasteiger partial charge in [-0.15, -0.1) is 0 Å². The number of hydrogen-bond acceptors (Lipinski definition) is 3. The molecule has 0 aliphatic rings. The van der Waals surface area contributed by atoms with Gasteiger partial charge in [0.25, 0.3) is 0 Å². The Labute approximate surface area is 89.8 Å². The second kappa shape index (κ2) is 9.75. The van der Waals surface area contributed by atoms with Gasteiger partial charge in [-0.2, -0.15) is 0 Å². The van der Waals surface area contributed by atoms with Gasteiger partial charge in [-0.25, -0.2) is 4.79 Å². The van der Waals surface area contributed by atoms with Crippen LogP contribution in [0.25, 0.3) is 0 Å². The van der Waals surface area contributed by atoms with E-state index in [4.69, 9.17) is 0 Å². The van der Waals surface area contributed by atoms with Crippen molar-refractivity contribution in [1.82, 2.24) is 0 Å². The number of ether oxygens (including phenoxy) is 2. The van der Waals surface area contributed by atoms with Gasteiger partial charge in [0, 0.05) is 0 Å². The molecule has 3 nitrogen and oxygen atoms in total. The van der Waals surface area contributed by atoms with Crippen LogP contribution in [0.5, 0.6) is 0 Å². The van der Waals surface area contributed by atoms with Crippen molar-refractivity contribution >= 4 is 6.16 Å². The standard InChI is InChI=1S/C7H10O3.Na.H/c1-3-5-9-7(8)10-6-4-2;;/h3-4H,1-2,5-6H2;;/q;+1;-1. The normalized spacial score (nSPS) is 7.27. The molecule has 0 saturated heterocycles. The smallest absolute Gasteiger partial charge is 1.00 e. The van der Waals surface area contributed by atoms with Gasteiger partial charge in [0.1, 0.15) is 13.2 Å². The van der Waals surface area contributed by atoms with Gasteiger partial charge in [-0.1, -0.05) is 25.3 Å². The minimum absolute atomic E-state index is 0. The van der Waals surface area contributed by atoms with E-state index in [1.165, 1.54) is 12.2 Å². The molecule has 58 valence electrons. The summed E-state index contributed by atoms with van der Waals surface area (Å²) in [4.78, 5) is 10.4. The predicted molar refractivity (Wildman–Crippen MR) is 38.8 cm³/mol. The van der Waals surface area contributed by atoms with Crippen molar-refractivity contribution < 1.29 is 45.3 Å². The molecule has 0 aliphatic carbocycles. The Morgan fingerprint density at radius 1 is 1.27 bits per heavy atom. The van der Waals surface area contributed by atoms with Crippen molar-refractivity contribution in [3.05, 3.63) is 25.3 Å². The first-order chi connectivity index (χ1) is 4.81. The van der Waals surface area contributed by atoms with Gasteiger partial charge < -0.3 is 10.9 Å². The van der Waals surface area contributed by atoms with Crippen LogP contribution in [0.2, 0.25) is 0 Å². The van der Waals surface area contributed by atoms with Crippen LogP contribution in [0.4, 0.5) is 4.79 Å². The van der Waals surface area contributed by atoms with Crippen molar-refractivity contribution in [1.29, 1.82) is 0 Å². The molecule has 0 saturated carbocycles. The van der Waals surface area contributed by atoms with Crippen LogP contribution >= 0.6 is 0 Å². The van der Waals surface area contributed by atoms with Crippen molar-refractivity contribution in [3.63, 3.8) is 0 Å². The molecule has 0 atom stereocenters. The summed E-state index contributed by atoms with van der Waals surface area (Å²) in [6.45, 7) is 7.07. The van der Waals surface area contributed by atoms with Crippen molar-refractivity contribution in [2.75, 3.05) is 13.2 Å². The van der Waals surface area contributed by atoms with E-state index < -0.39 is 6.16 Å². The minimum Gasteiger partial charge on any atom is -1.00 e. The van der Waals surface area contributed by atoms with Crippen molar-refractivity contribution in [2.24, 2.45) is 0 Å². The van der Waals surface area contributed by atoms with Gasteiger partial charge in [0.2, 0.25) is 0 Å². The Kier molecular flexibility index (Phi) is 11.8. The first-order valence-electron chi connectivity index (χ1n) is 2.82.